The second-order valence-electron chi connectivity index (χ2n) is 7.54. The maximum atomic E-state index is 12.0. The molecule has 2 N–H and O–H groups in total. The van der Waals surface area contributed by atoms with Gasteiger partial charge in [-0.2, -0.15) is 0 Å². The van der Waals surface area contributed by atoms with Crippen LogP contribution < -0.4 is 10.1 Å². The lowest BCUT2D eigenvalue weighted by Gasteiger charge is -2.37. The fourth-order valence-electron chi connectivity index (χ4n) is 3.28. The number of carboxylic acids is 1. The summed E-state index contributed by atoms with van der Waals surface area (Å²) in [5, 5.41) is 12.7. The van der Waals surface area contributed by atoms with Crippen LogP contribution in [0.25, 0.3) is 0 Å². The molecular weight excluding hydrogens is 322 g/mol. The summed E-state index contributed by atoms with van der Waals surface area (Å²) < 4.78 is 10.5. The van der Waals surface area contributed by atoms with Crippen LogP contribution in [-0.2, 0) is 14.9 Å². The molecule has 0 bridgehead atoms. The molecule has 1 amide bonds. The van der Waals surface area contributed by atoms with E-state index in [1.807, 2.05) is 32.9 Å². The highest BCUT2D eigenvalue weighted by molar-refractivity contribution is 5.82. The average molecular weight is 349 g/mol. The minimum Gasteiger partial charge on any atom is -0.497 e. The first-order valence-corrected chi connectivity index (χ1v) is 8.54. The number of aliphatic carboxylic acids is 1. The third kappa shape index (κ3) is 4.65. The zero-order valence-corrected chi connectivity index (χ0v) is 15.3. The number of rotatable bonds is 4. The molecule has 6 nitrogen and oxygen atoms in total. The summed E-state index contributed by atoms with van der Waals surface area (Å²) in [5.74, 6) is -0.191. The van der Waals surface area contributed by atoms with Gasteiger partial charge in [0.2, 0.25) is 0 Å². The van der Waals surface area contributed by atoms with Gasteiger partial charge < -0.3 is 19.9 Å². The van der Waals surface area contributed by atoms with Crippen molar-refractivity contribution < 1.29 is 24.2 Å². The maximum absolute atomic E-state index is 12.0. The van der Waals surface area contributed by atoms with Crippen molar-refractivity contribution >= 4 is 12.1 Å². The van der Waals surface area contributed by atoms with E-state index in [1.165, 1.54) is 0 Å². The molecule has 25 heavy (non-hydrogen) atoms. The lowest BCUT2D eigenvalue weighted by atomic mass is 9.68. The van der Waals surface area contributed by atoms with E-state index >= 15 is 0 Å². The Kier molecular flexibility index (Phi) is 5.60. The number of hydrogen-bond donors (Lipinski definition) is 2. The zero-order chi connectivity index (χ0) is 18.7. The summed E-state index contributed by atoms with van der Waals surface area (Å²) in [7, 11) is 1.56. The summed E-state index contributed by atoms with van der Waals surface area (Å²) in [6, 6.07) is 7.15. The van der Waals surface area contributed by atoms with Crippen molar-refractivity contribution in [3.8, 4) is 5.75 Å². The van der Waals surface area contributed by atoms with Crippen LogP contribution in [0.15, 0.2) is 24.3 Å². The molecule has 0 spiro atoms. The Bertz CT molecular complexity index is 627. The van der Waals surface area contributed by atoms with Crippen LogP contribution in [0.5, 0.6) is 5.75 Å². The number of ether oxygens (including phenoxy) is 2. The number of carboxylic acid groups (broad SMARTS) is 1. The minimum absolute atomic E-state index is 0.0760. The van der Waals surface area contributed by atoms with Gasteiger partial charge in [-0.25, -0.2) is 4.79 Å². The molecule has 1 aliphatic rings. The Labute approximate surface area is 148 Å². The first kappa shape index (κ1) is 19.1. The molecule has 0 aromatic heterocycles. The molecule has 1 aliphatic carbocycles. The minimum atomic E-state index is -0.944. The molecule has 0 aliphatic heterocycles. The Morgan fingerprint density at radius 3 is 2.40 bits per heavy atom. The second kappa shape index (κ2) is 7.33. The third-order valence-corrected chi connectivity index (χ3v) is 4.59. The quantitative estimate of drug-likeness (QED) is 0.869. The van der Waals surface area contributed by atoms with Crippen LogP contribution in [0.4, 0.5) is 4.79 Å². The summed E-state index contributed by atoms with van der Waals surface area (Å²) in [5.41, 5.74) is -0.750. The predicted octanol–water partition coefficient (Wildman–Crippen LogP) is 3.48. The lowest BCUT2D eigenvalue weighted by molar-refractivity contribution is -0.145. The Morgan fingerprint density at radius 1 is 1.24 bits per heavy atom. The molecule has 0 radical (unpaired) electrons. The fourth-order valence-corrected chi connectivity index (χ4v) is 3.28. The first-order chi connectivity index (χ1) is 11.7. The van der Waals surface area contributed by atoms with Gasteiger partial charge in [0.25, 0.3) is 0 Å². The van der Waals surface area contributed by atoms with E-state index in [0.717, 1.165) is 5.56 Å². The number of benzene rings is 1. The molecule has 0 atom stereocenters. The van der Waals surface area contributed by atoms with Gasteiger partial charge in [-0.05, 0) is 64.2 Å². The number of nitrogens with one attached hydrogen (secondary N) is 1. The summed E-state index contributed by atoms with van der Waals surface area (Å²) in [4.78, 5) is 23.9. The van der Waals surface area contributed by atoms with Gasteiger partial charge in [-0.15, -0.1) is 0 Å². The van der Waals surface area contributed by atoms with E-state index in [0.29, 0.717) is 31.4 Å². The monoisotopic (exact) mass is 349 g/mol. The van der Waals surface area contributed by atoms with Crippen molar-refractivity contribution in [2.24, 2.45) is 0 Å². The van der Waals surface area contributed by atoms with Gasteiger partial charge in [-0.3, -0.25) is 4.79 Å². The Morgan fingerprint density at radius 2 is 1.88 bits per heavy atom. The summed E-state index contributed by atoms with van der Waals surface area (Å²) in [6.45, 7) is 5.43. The molecule has 0 heterocycles. The predicted molar refractivity (Wildman–Crippen MR) is 93.9 cm³/mol. The molecule has 2 rings (SSSR count). The molecular formula is C19H27NO5. The standard InChI is InChI=1S/C19H27NO5/c1-18(2,3)25-17(23)20-14-8-10-19(11-9-14,16(21)22)13-6-5-7-15(12-13)24-4/h5-7,12,14H,8-11H2,1-4H3,(H,20,23)(H,21,22). The van der Waals surface area contributed by atoms with Gasteiger partial charge >= 0.3 is 12.1 Å². The molecule has 1 aromatic carbocycles. The molecule has 1 aromatic rings. The van der Waals surface area contributed by atoms with E-state index in [2.05, 4.69) is 5.32 Å². The maximum Gasteiger partial charge on any atom is 0.407 e. The molecule has 138 valence electrons. The van der Waals surface area contributed by atoms with Crippen molar-refractivity contribution in [2.45, 2.75) is 63.5 Å². The highest BCUT2D eigenvalue weighted by Crippen LogP contribution is 2.41. The van der Waals surface area contributed by atoms with E-state index in [1.54, 1.807) is 19.2 Å². The van der Waals surface area contributed by atoms with Crippen LogP contribution in [0.3, 0.4) is 0 Å². The SMILES string of the molecule is COc1cccc(C2(C(=O)O)CCC(NC(=O)OC(C)(C)C)CC2)c1. The van der Waals surface area contributed by atoms with Gasteiger partial charge in [0, 0.05) is 6.04 Å². The Balaban J connectivity index is 2.08. The van der Waals surface area contributed by atoms with E-state index in [9.17, 15) is 14.7 Å². The van der Waals surface area contributed by atoms with Crippen molar-refractivity contribution in [2.75, 3.05) is 7.11 Å². The average Bonchev–Trinajstić information content (AvgIpc) is 2.53. The number of carbonyl (C=O) groups is 2. The molecule has 6 heteroatoms. The summed E-state index contributed by atoms with van der Waals surface area (Å²) in [6.07, 6.45) is 1.62. The van der Waals surface area contributed by atoms with Gasteiger partial charge in [0.05, 0.1) is 12.5 Å². The van der Waals surface area contributed by atoms with Crippen molar-refractivity contribution in [3.63, 3.8) is 0 Å². The highest BCUT2D eigenvalue weighted by atomic mass is 16.6. The van der Waals surface area contributed by atoms with Gasteiger partial charge in [0.1, 0.15) is 11.4 Å². The molecule has 0 unspecified atom stereocenters. The van der Waals surface area contributed by atoms with E-state index in [4.69, 9.17) is 9.47 Å². The normalized spacial score (nSPS) is 23.6. The largest absolute Gasteiger partial charge is 0.497 e. The van der Waals surface area contributed by atoms with Crippen LogP contribution in [0.1, 0.15) is 52.0 Å². The van der Waals surface area contributed by atoms with Crippen LogP contribution >= 0.6 is 0 Å². The van der Waals surface area contributed by atoms with Crippen molar-refractivity contribution in [1.29, 1.82) is 0 Å². The summed E-state index contributed by atoms with van der Waals surface area (Å²) >= 11 is 0. The van der Waals surface area contributed by atoms with Gasteiger partial charge in [0.15, 0.2) is 0 Å². The lowest BCUT2D eigenvalue weighted by Crippen LogP contribution is -2.46. The zero-order valence-electron chi connectivity index (χ0n) is 15.3. The highest BCUT2D eigenvalue weighted by Gasteiger charge is 2.44. The smallest absolute Gasteiger partial charge is 0.407 e. The number of hydrogen-bond acceptors (Lipinski definition) is 4. The second-order valence-corrected chi connectivity index (χ2v) is 7.54. The number of alkyl carbamates (subject to hydrolysis) is 1. The van der Waals surface area contributed by atoms with Crippen LogP contribution in [0, 0.1) is 0 Å². The van der Waals surface area contributed by atoms with Crippen LogP contribution in [-0.4, -0.2) is 35.9 Å². The van der Waals surface area contributed by atoms with E-state index in [-0.39, 0.29) is 6.04 Å². The number of carbonyl (C=O) groups excluding carboxylic acids is 1. The molecule has 0 saturated heterocycles. The topological polar surface area (TPSA) is 84.9 Å². The third-order valence-electron chi connectivity index (χ3n) is 4.59. The van der Waals surface area contributed by atoms with Crippen molar-refractivity contribution in [1.82, 2.24) is 5.32 Å². The number of methoxy groups -OCH3 is 1. The fraction of sp³-hybridized carbons (Fsp3) is 0.579. The Hall–Kier alpha value is -2.24. The van der Waals surface area contributed by atoms with Gasteiger partial charge in [-0.1, -0.05) is 12.1 Å². The van der Waals surface area contributed by atoms with E-state index < -0.39 is 23.1 Å². The number of amides is 1. The van der Waals surface area contributed by atoms with Crippen molar-refractivity contribution in [3.05, 3.63) is 29.8 Å². The first-order valence-electron chi connectivity index (χ1n) is 8.54. The molecule has 1 saturated carbocycles. The molecule has 1 fully saturated rings. The van der Waals surface area contributed by atoms with Crippen LogP contribution in [0.2, 0.25) is 0 Å².